The van der Waals surface area contributed by atoms with Crippen molar-refractivity contribution in [3.05, 3.63) is 35.9 Å². The Labute approximate surface area is 159 Å². The molecular formula is C19H34N2O4Si. The number of hydrogen-bond acceptors (Lipinski definition) is 4. The standard InChI is InChI=1S/C19H34N2O4Si/c1-5-9-16-21(17-15-18-13-11-10-12-14-18)19(22)20-26(23-6-2,24-7-3)25-8-4/h10-14H,5-9,15-17H2,1-4H3,(H,20,22). The van der Waals surface area contributed by atoms with Gasteiger partial charge in [-0.3, -0.25) is 4.98 Å². The van der Waals surface area contributed by atoms with Gasteiger partial charge >= 0.3 is 15.0 Å². The second-order valence-corrected chi connectivity index (χ2v) is 8.09. The average Bonchev–Trinajstić information content (AvgIpc) is 2.63. The van der Waals surface area contributed by atoms with Crippen LogP contribution in [0.2, 0.25) is 0 Å². The van der Waals surface area contributed by atoms with Crippen LogP contribution >= 0.6 is 0 Å². The smallest absolute Gasteiger partial charge is 0.357 e. The number of urea groups is 1. The van der Waals surface area contributed by atoms with Gasteiger partial charge in [0.2, 0.25) is 0 Å². The van der Waals surface area contributed by atoms with Gasteiger partial charge in [-0.2, -0.15) is 0 Å². The lowest BCUT2D eigenvalue weighted by Gasteiger charge is -2.31. The minimum atomic E-state index is -3.21. The summed E-state index contributed by atoms with van der Waals surface area (Å²) in [4.78, 5) is 17.7. The summed E-state index contributed by atoms with van der Waals surface area (Å²) in [5, 5.41) is 0. The molecule has 0 spiro atoms. The van der Waals surface area contributed by atoms with Crippen LogP contribution in [0, 0.1) is 0 Å². The highest BCUT2D eigenvalue weighted by molar-refractivity contribution is 6.60. The van der Waals surface area contributed by atoms with E-state index in [0.29, 0.717) is 32.9 Å². The Balaban J connectivity index is 2.80. The van der Waals surface area contributed by atoms with Gasteiger partial charge in [-0.1, -0.05) is 43.7 Å². The second kappa shape index (κ2) is 12.9. The van der Waals surface area contributed by atoms with Crippen molar-refractivity contribution in [1.82, 2.24) is 9.88 Å². The number of carbonyl (C=O) groups excluding carboxylic acids is 1. The number of unbranched alkanes of at least 4 members (excludes halogenated alkanes) is 1. The van der Waals surface area contributed by atoms with E-state index in [4.69, 9.17) is 13.3 Å². The molecule has 0 atom stereocenters. The van der Waals surface area contributed by atoms with Crippen LogP contribution in [0.4, 0.5) is 4.79 Å². The SMILES string of the molecule is CCCCN(CCc1ccccc1)C(=O)N[Si](OCC)(OCC)OCC. The third-order valence-corrected chi connectivity index (χ3v) is 6.37. The quantitative estimate of drug-likeness (QED) is 0.530. The number of nitrogens with one attached hydrogen (secondary N) is 1. The van der Waals surface area contributed by atoms with Gasteiger partial charge in [0, 0.05) is 32.9 Å². The molecular weight excluding hydrogens is 348 g/mol. The molecule has 2 amide bonds. The first-order valence-corrected chi connectivity index (χ1v) is 11.4. The third kappa shape index (κ3) is 7.86. The van der Waals surface area contributed by atoms with Crippen LogP contribution in [0.5, 0.6) is 0 Å². The lowest BCUT2D eigenvalue weighted by Crippen LogP contribution is -2.63. The predicted octanol–water partition coefficient (Wildman–Crippen LogP) is 3.59. The first-order chi connectivity index (χ1) is 12.6. The van der Waals surface area contributed by atoms with E-state index in [9.17, 15) is 4.79 Å². The molecule has 1 N–H and O–H groups in total. The van der Waals surface area contributed by atoms with Gasteiger partial charge in [-0.25, -0.2) is 4.79 Å². The highest BCUT2D eigenvalue weighted by Gasteiger charge is 2.45. The molecule has 0 fully saturated rings. The zero-order valence-corrected chi connectivity index (χ0v) is 17.6. The van der Waals surface area contributed by atoms with Crippen molar-refractivity contribution >= 4 is 15.0 Å². The zero-order valence-electron chi connectivity index (χ0n) is 16.6. The first-order valence-electron chi connectivity index (χ1n) is 9.63. The summed E-state index contributed by atoms with van der Waals surface area (Å²) in [5.74, 6) is 0. The Hall–Kier alpha value is -1.41. The fourth-order valence-electron chi connectivity index (χ4n) is 2.59. The molecule has 0 aliphatic carbocycles. The number of hydrogen-bond donors (Lipinski definition) is 1. The molecule has 1 aromatic carbocycles. The second-order valence-electron chi connectivity index (χ2n) is 5.86. The fourth-order valence-corrected chi connectivity index (χ4v) is 4.61. The van der Waals surface area contributed by atoms with Crippen molar-refractivity contribution in [3.8, 4) is 0 Å². The van der Waals surface area contributed by atoms with E-state index in [0.717, 1.165) is 19.3 Å². The van der Waals surface area contributed by atoms with Crippen molar-refractivity contribution in [2.75, 3.05) is 32.9 Å². The van der Waals surface area contributed by atoms with E-state index in [1.54, 1.807) is 0 Å². The average molecular weight is 383 g/mol. The topological polar surface area (TPSA) is 60.0 Å². The van der Waals surface area contributed by atoms with E-state index in [2.05, 4.69) is 24.0 Å². The Morgan fingerprint density at radius 3 is 2.04 bits per heavy atom. The Kier molecular flexibility index (Phi) is 11.2. The number of rotatable bonds is 13. The van der Waals surface area contributed by atoms with Crippen LogP contribution in [0.1, 0.15) is 46.1 Å². The molecule has 26 heavy (non-hydrogen) atoms. The maximum absolute atomic E-state index is 12.9. The minimum absolute atomic E-state index is 0.184. The van der Waals surface area contributed by atoms with Crippen LogP contribution in [0.25, 0.3) is 0 Å². The molecule has 0 heterocycles. The summed E-state index contributed by atoms with van der Waals surface area (Å²) >= 11 is 0. The molecule has 0 radical (unpaired) electrons. The van der Waals surface area contributed by atoms with Crippen LogP contribution in [0.3, 0.4) is 0 Å². The Morgan fingerprint density at radius 1 is 0.962 bits per heavy atom. The van der Waals surface area contributed by atoms with Crippen LogP contribution in [0.15, 0.2) is 30.3 Å². The fraction of sp³-hybridized carbons (Fsp3) is 0.632. The van der Waals surface area contributed by atoms with Crippen molar-refractivity contribution in [2.45, 2.75) is 47.0 Å². The summed E-state index contributed by atoms with van der Waals surface area (Å²) in [6, 6.07) is 10.0. The maximum atomic E-state index is 12.9. The minimum Gasteiger partial charge on any atom is -0.357 e. The zero-order chi connectivity index (χ0) is 19.3. The van der Waals surface area contributed by atoms with Crippen molar-refractivity contribution in [3.63, 3.8) is 0 Å². The van der Waals surface area contributed by atoms with Crippen LogP contribution < -0.4 is 4.98 Å². The number of carbonyl (C=O) groups is 1. The van der Waals surface area contributed by atoms with E-state index in [1.165, 1.54) is 5.56 Å². The van der Waals surface area contributed by atoms with Crippen LogP contribution in [-0.4, -0.2) is 52.8 Å². The third-order valence-electron chi connectivity index (χ3n) is 3.85. The van der Waals surface area contributed by atoms with Gasteiger partial charge in [-0.05, 0) is 39.2 Å². The summed E-state index contributed by atoms with van der Waals surface area (Å²) < 4.78 is 17.2. The summed E-state index contributed by atoms with van der Waals surface area (Å²) in [5.41, 5.74) is 1.21. The number of benzene rings is 1. The van der Waals surface area contributed by atoms with Crippen molar-refractivity contribution < 1.29 is 18.1 Å². The predicted molar refractivity (Wildman–Crippen MR) is 106 cm³/mol. The summed E-state index contributed by atoms with van der Waals surface area (Å²) in [6.07, 6.45) is 2.79. The first kappa shape index (κ1) is 22.6. The Morgan fingerprint density at radius 2 is 1.54 bits per heavy atom. The molecule has 0 saturated carbocycles. The lowest BCUT2D eigenvalue weighted by atomic mass is 10.1. The molecule has 0 aliphatic rings. The number of amides is 2. The highest BCUT2D eigenvalue weighted by Crippen LogP contribution is 2.09. The lowest BCUT2D eigenvalue weighted by molar-refractivity contribution is 0.0608. The van der Waals surface area contributed by atoms with Gasteiger partial charge < -0.3 is 18.2 Å². The van der Waals surface area contributed by atoms with Gasteiger partial charge in [0.15, 0.2) is 0 Å². The molecule has 0 saturated heterocycles. The number of nitrogens with zero attached hydrogens (tertiary/aromatic N) is 1. The molecule has 7 heteroatoms. The van der Waals surface area contributed by atoms with Gasteiger partial charge in [-0.15, -0.1) is 0 Å². The van der Waals surface area contributed by atoms with Gasteiger partial charge in [0.05, 0.1) is 0 Å². The van der Waals surface area contributed by atoms with Gasteiger partial charge in [0.25, 0.3) is 0 Å². The van der Waals surface area contributed by atoms with E-state index in [1.807, 2.05) is 43.9 Å². The van der Waals surface area contributed by atoms with E-state index in [-0.39, 0.29) is 6.03 Å². The van der Waals surface area contributed by atoms with E-state index < -0.39 is 8.97 Å². The molecule has 0 bridgehead atoms. The normalized spacial score (nSPS) is 11.4. The molecule has 0 unspecified atom stereocenters. The molecule has 1 aromatic rings. The van der Waals surface area contributed by atoms with Gasteiger partial charge in [0.1, 0.15) is 0 Å². The van der Waals surface area contributed by atoms with Crippen molar-refractivity contribution in [1.29, 1.82) is 0 Å². The summed E-state index contributed by atoms with van der Waals surface area (Å²) in [6.45, 7) is 10.3. The van der Waals surface area contributed by atoms with Crippen molar-refractivity contribution in [2.24, 2.45) is 0 Å². The monoisotopic (exact) mass is 382 g/mol. The molecule has 148 valence electrons. The van der Waals surface area contributed by atoms with Crippen LogP contribution in [-0.2, 0) is 19.7 Å². The molecule has 0 aliphatic heterocycles. The maximum Gasteiger partial charge on any atom is 0.634 e. The Bertz CT molecular complexity index is 485. The largest absolute Gasteiger partial charge is 0.634 e. The molecule has 0 aromatic heterocycles. The molecule has 6 nitrogen and oxygen atoms in total. The summed E-state index contributed by atoms with van der Waals surface area (Å²) in [7, 11) is -3.21. The van der Waals surface area contributed by atoms with E-state index >= 15 is 0 Å². The highest BCUT2D eigenvalue weighted by atomic mass is 28.4. The molecule has 1 rings (SSSR count).